The second-order valence-electron chi connectivity index (χ2n) is 6.21. The number of fused-ring (bicyclic) bond motifs is 1. The number of aromatic nitrogens is 1. The van der Waals surface area contributed by atoms with Crippen molar-refractivity contribution in [3.8, 4) is 0 Å². The first-order valence-electron chi connectivity index (χ1n) is 8.50. The van der Waals surface area contributed by atoms with Gasteiger partial charge >= 0.3 is 0 Å². The molecule has 1 N–H and O–H groups in total. The van der Waals surface area contributed by atoms with E-state index < -0.39 is 0 Å². The number of halogens is 1. The molecule has 0 bridgehead atoms. The number of nitrogens with zero attached hydrogens (tertiary/aromatic N) is 2. The van der Waals surface area contributed by atoms with Crippen LogP contribution in [0.15, 0.2) is 53.9 Å². The molecule has 0 radical (unpaired) electrons. The predicted molar refractivity (Wildman–Crippen MR) is 108 cm³/mol. The SMILES string of the molecule is O=C(Nc1nc(CC(=O)N2CCc3ccccc32)cs1)c1ccc(Cl)cc1. The second-order valence-corrected chi connectivity index (χ2v) is 7.50. The number of amides is 2. The zero-order valence-electron chi connectivity index (χ0n) is 14.3. The van der Waals surface area contributed by atoms with Gasteiger partial charge in [-0.3, -0.25) is 14.9 Å². The Morgan fingerprint density at radius 1 is 1.15 bits per heavy atom. The summed E-state index contributed by atoms with van der Waals surface area (Å²) >= 11 is 7.14. The van der Waals surface area contributed by atoms with Crippen molar-refractivity contribution in [2.75, 3.05) is 16.8 Å². The molecule has 7 heteroatoms. The third kappa shape index (κ3) is 3.86. The molecule has 1 aliphatic heterocycles. The summed E-state index contributed by atoms with van der Waals surface area (Å²) in [6.45, 7) is 0.697. The third-order valence-corrected chi connectivity index (χ3v) is 5.46. The first kappa shape index (κ1) is 17.7. The van der Waals surface area contributed by atoms with Crippen molar-refractivity contribution >= 4 is 45.6 Å². The predicted octanol–water partition coefficient (Wildman–Crippen LogP) is 4.18. The Labute approximate surface area is 165 Å². The molecule has 1 aromatic heterocycles. The van der Waals surface area contributed by atoms with Crippen LogP contribution < -0.4 is 10.2 Å². The topological polar surface area (TPSA) is 62.3 Å². The number of hydrogen-bond donors (Lipinski definition) is 1. The van der Waals surface area contributed by atoms with Crippen LogP contribution in [0.2, 0.25) is 5.02 Å². The summed E-state index contributed by atoms with van der Waals surface area (Å²) in [5, 5.41) is 5.61. The minimum Gasteiger partial charge on any atom is -0.311 e. The smallest absolute Gasteiger partial charge is 0.257 e. The van der Waals surface area contributed by atoms with Crippen LogP contribution in [0, 0.1) is 0 Å². The molecule has 27 heavy (non-hydrogen) atoms. The van der Waals surface area contributed by atoms with Crippen molar-refractivity contribution in [1.82, 2.24) is 4.98 Å². The number of benzene rings is 2. The fourth-order valence-corrected chi connectivity index (χ4v) is 3.90. The van der Waals surface area contributed by atoms with Gasteiger partial charge in [0.1, 0.15) is 0 Å². The van der Waals surface area contributed by atoms with Crippen LogP contribution in [0.4, 0.5) is 10.8 Å². The lowest BCUT2D eigenvalue weighted by Gasteiger charge is -2.16. The Hall–Kier alpha value is -2.70. The van der Waals surface area contributed by atoms with Gasteiger partial charge in [0.05, 0.1) is 12.1 Å². The Balaban J connectivity index is 1.40. The van der Waals surface area contributed by atoms with Gasteiger partial charge in [0.2, 0.25) is 5.91 Å². The zero-order valence-corrected chi connectivity index (χ0v) is 15.9. The average molecular weight is 398 g/mol. The molecule has 4 rings (SSSR count). The maximum absolute atomic E-state index is 12.7. The molecule has 2 aromatic carbocycles. The van der Waals surface area contributed by atoms with Crippen LogP contribution >= 0.6 is 22.9 Å². The molecular weight excluding hydrogens is 382 g/mol. The van der Waals surface area contributed by atoms with Crippen LogP contribution in [0.25, 0.3) is 0 Å². The molecule has 1 aliphatic rings. The highest BCUT2D eigenvalue weighted by molar-refractivity contribution is 7.14. The number of thiazole rings is 1. The van der Waals surface area contributed by atoms with Gasteiger partial charge in [-0.15, -0.1) is 11.3 Å². The fourth-order valence-electron chi connectivity index (χ4n) is 3.06. The molecule has 5 nitrogen and oxygen atoms in total. The number of para-hydroxylation sites is 1. The highest BCUT2D eigenvalue weighted by atomic mass is 35.5. The van der Waals surface area contributed by atoms with Crippen molar-refractivity contribution in [1.29, 1.82) is 0 Å². The van der Waals surface area contributed by atoms with Crippen molar-refractivity contribution in [3.63, 3.8) is 0 Å². The molecule has 0 spiro atoms. The molecular formula is C20H16ClN3O2S. The van der Waals surface area contributed by atoms with Gasteiger partial charge < -0.3 is 4.90 Å². The molecule has 2 amide bonds. The average Bonchev–Trinajstić information content (AvgIpc) is 3.29. The van der Waals surface area contributed by atoms with Gasteiger partial charge in [0.15, 0.2) is 5.13 Å². The maximum Gasteiger partial charge on any atom is 0.257 e. The van der Waals surface area contributed by atoms with E-state index in [0.29, 0.717) is 28.0 Å². The van der Waals surface area contributed by atoms with Gasteiger partial charge in [-0.2, -0.15) is 0 Å². The van der Waals surface area contributed by atoms with E-state index in [1.807, 2.05) is 18.2 Å². The molecule has 0 atom stereocenters. The minimum absolute atomic E-state index is 0.0147. The monoisotopic (exact) mass is 397 g/mol. The molecule has 0 unspecified atom stereocenters. The van der Waals surface area contributed by atoms with Crippen LogP contribution in [0.1, 0.15) is 21.6 Å². The molecule has 0 fully saturated rings. The number of carbonyl (C=O) groups excluding carboxylic acids is 2. The molecule has 0 saturated heterocycles. The summed E-state index contributed by atoms with van der Waals surface area (Å²) in [6, 6.07) is 14.6. The summed E-state index contributed by atoms with van der Waals surface area (Å²) in [4.78, 5) is 31.1. The summed E-state index contributed by atoms with van der Waals surface area (Å²) in [5.74, 6) is -0.242. The molecule has 136 valence electrons. The van der Waals surface area contributed by atoms with E-state index in [0.717, 1.165) is 12.1 Å². The van der Waals surface area contributed by atoms with E-state index in [9.17, 15) is 9.59 Å². The number of hydrogen-bond acceptors (Lipinski definition) is 4. The van der Waals surface area contributed by atoms with E-state index in [1.54, 1.807) is 34.5 Å². The minimum atomic E-state index is -0.257. The lowest BCUT2D eigenvalue weighted by atomic mass is 10.2. The number of anilines is 2. The lowest BCUT2D eigenvalue weighted by molar-refractivity contribution is -0.117. The van der Waals surface area contributed by atoms with Gasteiger partial charge in [-0.05, 0) is 42.3 Å². The largest absolute Gasteiger partial charge is 0.311 e. The molecule has 2 heterocycles. The summed E-state index contributed by atoms with van der Waals surface area (Å²) < 4.78 is 0. The Bertz CT molecular complexity index is 1000. The van der Waals surface area contributed by atoms with Crippen molar-refractivity contribution in [2.24, 2.45) is 0 Å². The van der Waals surface area contributed by atoms with E-state index in [4.69, 9.17) is 11.6 Å². The number of carbonyl (C=O) groups is 2. The van der Waals surface area contributed by atoms with Crippen molar-refractivity contribution in [3.05, 3.63) is 75.8 Å². The molecule has 0 aliphatic carbocycles. The molecule has 3 aromatic rings. The van der Waals surface area contributed by atoms with Crippen molar-refractivity contribution < 1.29 is 9.59 Å². The van der Waals surface area contributed by atoms with Gasteiger partial charge in [-0.1, -0.05) is 29.8 Å². The van der Waals surface area contributed by atoms with Crippen LogP contribution in [0.3, 0.4) is 0 Å². The zero-order chi connectivity index (χ0) is 18.8. The Kier molecular flexibility index (Phi) is 4.92. The Morgan fingerprint density at radius 3 is 2.74 bits per heavy atom. The lowest BCUT2D eigenvalue weighted by Crippen LogP contribution is -2.30. The summed E-state index contributed by atoms with van der Waals surface area (Å²) in [7, 11) is 0. The van der Waals surface area contributed by atoms with Crippen LogP contribution in [0.5, 0.6) is 0 Å². The maximum atomic E-state index is 12.7. The van der Waals surface area contributed by atoms with Crippen LogP contribution in [-0.2, 0) is 17.6 Å². The number of rotatable bonds is 4. The Morgan fingerprint density at radius 2 is 1.93 bits per heavy atom. The number of nitrogens with one attached hydrogen (secondary N) is 1. The highest BCUT2D eigenvalue weighted by Gasteiger charge is 2.24. The first-order valence-corrected chi connectivity index (χ1v) is 9.75. The normalized spacial score (nSPS) is 12.7. The first-order chi connectivity index (χ1) is 13.1. The quantitative estimate of drug-likeness (QED) is 0.718. The molecule has 0 saturated carbocycles. The standard InChI is InChI=1S/C20H16ClN3O2S/c21-15-7-5-14(6-8-15)19(26)23-20-22-16(12-27-20)11-18(25)24-10-9-13-3-1-2-4-17(13)24/h1-8,12H,9-11H2,(H,22,23,26). The fraction of sp³-hybridized carbons (Fsp3) is 0.150. The van der Waals surface area contributed by atoms with Gasteiger partial charge in [-0.25, -0.2) is 4.98 Å². The van der Waals surface area contributed by atoms with Gasteiger partial charge in [0, 0.05) is 28.2 Å². The summed E-state index contributed by atoms with van der Waals surface area (Å²) in [6.07, 6.45) is 1.09. The summed E-state index contributed by atoms with van der Waals surface area (Å²) in [5.41, 5.74) is 3.33. The van der Waals surface area contributed by atoms with E-state index in [2.05, 4.69) is 16.4 Å². The van der Waals surface area contributed by atoms with E-state index in [1.165, 1.54) is 16.9 Å². The third-order valence-electron chi connectivity index (χ3n) is 4.40. The van der Waals surface area contributed by atoms with E-state index in [-0.39, 0.29) is 18.2 Å². The van der Waals surface area contributed by atoms with E-state index >= 15 is 0 Å². The van der Waals surface area contributed by atoms with Crippen LogP contribution in [-0.4, -0.2) is 23.3 Å². The van der Waals surface area contributed by atoms with Gasteiger partial charge in [0.25, 0.3) is 5.91 Å². The second kappa shape index (κ2) is 7.50. The highest BCUT2D eigenvalue weighted by Crippen LogP contribution is 2.28. The van der Waals surface area contributed by atoms with Crippen molar-refractivity contribution in [2.45, 2.75) is 12.8 Å².